The van der Waals surface area contributed by atoms with E-state index in [0.717, 1.165) is 0 Å². The van der Waals surface area contributed by atoms with E-state index in [2.05, 4.69) is 17.9 Å². The molecule has 2 unspecified atom stereocenters. The van der Waals surface area contributed by atoms with Crippen LogP contribution in [0.25, 0.3) is 0 Å². The molecular weight excluding hydrogens is 242 g/mol. The first-order valence-electron chi connectivity index (χ1n) is 5.61. The predicted molar refractivity (Wildman–Crippen MR) is 68.9 cm³/mol. The second-order valence-corrected chi connectivity index (χ2v) is 4.30. The normalized spacial score (nSPS) is 14.1. The van der Waals surface area contributed by atoms with E-state index in [9.17, 15) is 9.59 Å². The lowest BCUT2D eigenvalue weighted by molar-refractivity contribution is -0.138. The summed E-state index contributed by atoms with van der Waals surface area (Å²) < 4.78 is 0. The van der Waals surface area contributed by atoms with Crippen molar-refractivity contribution in [1.82, 2.24) is 5.32 Å². The van der Waals surface area contributed by atoms with Crippen LogP contribution in [0.5, 0.6) is 0 Å². The molecule has 6 nitrogen and oxygen atoms in total. The fourth-order valence-electron chi connectivity index (χ4n) is 1.23. The number of carbonyl (C=O) groups excluding carboxylic acids is 1. The average molecular weight is 263 g/mol. The summed E-state index contributed by atoms with van der Waals surface area (Å²) in [6.07, 6.45) is 2.31. The molecule has 0 aromatic carbocycles. The molecule has 0 aromatic heterocycles. The van der Waals surface area contributed by atoms with Crippen molar-refractivity contribution in [1.29, 1.82) is 0 Å². The first-order valence-corrected chi connectivity index (χ1v) is 6.24. The van der Waals surface area contributed by atoms with Gasteiger partial charge >= 0.3 is 5.97 Å². The van der Waals surface area contributed by atoms with Gasteiger partial charge in [0.1, 0.15) is 6.04 Å². The van der Waals surface area contributed by atoms with Crippen LogP contribution in [0.15, 0.2) is 0 Å². The Hall–Kier alpha value is -0.790. The second kappa shape index (κ2) is 9.26. The lowest BCUT2D eigenvalue weighted by atomic mass is 10.1. The number of nitrogens with two attached hydrogens (primary N) is 2. The Kier molecular flexibility index (Phi) is 8.83. The van der Waals surface area contributed by atoms with Crippen LogP contribution in [0.3, 0.4) is 0 Å². The zero-order chi connectivity index (χ0) is 13.3. The summed E-state index contributed by atoms with van der Waals surface area (Å²) in [4.78, 5) is 21.8. The number of unbranched alkanes of at least 4 members (excludes halogenated alkanes) is 1. The van der Waals surface area contributed by atoms with Crippen LogP contribution in [0, 0.1) is 0 Å². The number of amides is 1. The lowest BCUT2D eigenvalue weighted by Gasteiger charge is -2.11. The molecule has 0 radical (unpaired) electrons. The Balaban J connectivity index is 3.51. The molecule has 7 heteroatoms. The highest BCUT2D eigenvalue weighted by Crippen LogP contribution is 1.98. The van der Waals surface area contributed by atoms with Crippen LogP contribution in [0.2, 0.25) is 0 Å². The van der Waals surface area contributed by atoms with E-state index in [-0.39, 0.29) is 5.91 Å². The van der Waals surface area contributed by atoms with Crippen LogP contribution in [-0.2, 0) is 9.59 Å². The van der Waals surface area contributed by atoms with Crippen molar-refractivity contribution < 1.29 is 14.7 Å². The monoisotopic (exact) mass is 263 g/mol. The molecule has 0 aromatic rings. The number of rotatable bonds is 9. The summed E-state index contributed by atoms with van der Waals surface area (Å²) in [5, 5.41) is 11.2. The molecule has 0 aliphatic heterocycles. The second-order valence-electron chi connectivity index (χ2n) is 3.85. The number of aliphatic carboxylic acids is 1. The molecule has 0 heterocycles. The van der Waals surface area contributed by atoms with Crippen molar-refractivity contribution in [3.8, 4) is 0 Å². The Bertz CT molecular complexity index is 251. The first kappa shape index (κ1) is 16.2. The van der Waals surface area contributed by atoms with E-state index in [1.54, 1.807) is 0 Å². The fraction of sp³-hybridized carbons (Fsp3) is 0.800. The molecule has 0 rings (SSSR count). The summed E-state index contributed by atoms with van der Waals surface area (Å²) >= 11 is 3.99. The number of thiol groups is 1. The maximum Gasteiger partial charge on any atom is 0.320 e. The summed E-state index contributed by atoms with van der Waals surface area (Å²) in [5.74, 6) is -0.617. The molecule has 0 fully saturated rings. The molecule has 0 saturated heterocycles. The van der Waals surface area contributed by atoms with E-state index in [0.29, 0.717) is 38.0 Å². The molecule has 0 saturated carbocycles. The van der Waals surface area contributed by atoms with Crippen molar-refractivity contribution in [2.45, 2.75) is 37.8 Å². The highest BCUT2D eigenvalue weighted by molar-refractivity contribution is 7.80. The number of carboxylic acid groups (broad SMARTS) is 1. The summed E-state index contributed by atoms with van der Waals surface area (Å²) in [5.41, 5.74) is 10.9. The standard InChI is InChI=1S/C10H21N3O3S/c11-7(4-6-17)9(14)13-5-2-1-3-8(12)10(15)16/h7-8,17H,1-6,11-12H2,(H,13,14)(H,15,16). The highest BCUT2D eigenvalue weighted by Gasteiger charge is 2.12. The van der Waals surface area contributed by atoms with Gasteiger partial charge in [0.05, 0.1) is 6.04 Å². The van der Waals surface area contributed by atoms with Crippen molar-refractivity contribution in [3.05, 3.63) is 0 Å². The molecule has 0 aliphatic rings. The zero-order valence-electron chi connectivity index (χ0n) is 9.76. The van der Waals surface area contributed by atoms with Gasteiger partial charge in [0.15, 0.2) is 0 Å². The number of carbonyl (C=O) groups is 2. The molecule has 100 valence electrons. The average Bonchev–Trinajstić information content (AvgIpc) is 2.28. The van der Waals surface area contributed by atoms with E-state index >= 15 is 0 Å². The van der Waals surface area contributed by atoms with Gasteiger partial charge in [-0.05, 0) is 31.4 Å². The van der Waals surface area contributed by atoms with Gasteiger partial charge in [-0.25, -0.2) is 0 Å². The van der Waals surface area contributed by atoms with E-state index in [1.807, 2.05) is 0 Å². The summed E-state index contributed by atoms with van der Waals surface area (Å²) in [6, 6.07) is -1.34. The Labute approximate surface area is 107 Å². The number of hydrogen-bond acceptors (Lipinski definition) is 5. The van der Waals surface area contributed by atoms with Crippen LogP contribution >= 0.6 is 12.6 Å². The highest BCUT2D eigenvalue weighted by atomic mass is 32.1. The molecule has 0 spiro atoms. The summed E-state index contributed by atoms with van der Waals surface area (Å²) in [6.45, 7) is 0.492. The maximum atomic E-state index is 11.3. The SMILES string of the molecule is NC(CCCCNC(=O)C(N)CCS)C(=O)O. The van der Waals surface area contributed by atoms with Crippen LogP contribution < -0.4 is 16.8 Å². The Morgan fingerprint density at radius 3 is 2.35 bits per heavy atom. The number of hydrogen-bond donors (Lipinski definition) is 5. The topological polar surface area (TPSA) is 118 Å². The van der Waals surface area contributed by atoms with E-state index < -0.39 is 18.1 Å². The molecule has 0 aliphatic carbocycles. The minimum Gasteiger partial charge on any atom is -0.480 e. The smallest absolute Gasteiger partial charge is 0.320 e. The Morgan fingerprint density at radius 2 is 1.82 bits per heavy atom. The first-order chi connectivity index (χ1) is 7.99. The van der Waals surface area contributed by atoms with Gasteiger partial charge < -0.3 is 21.9 Å². The fourth-order valence-corrected chi connectivity index (χ4v) is 1.50. The molecular formula is C10H21N3O3S. The largest absolute Gasteiger partial charge is 0.480 e. The van der Waals surface area contributed by atoms with Gasteiger partial charge in [-0.15, -0.1) is 0 Å². The third-order valence-corrected chi connectivity index (χ3v) is 2.59. The van der Waals surface area contributed by atoms with Crippen molar-refractivity contribution in [2.75, 3.05) is 12.3 Å². The van der Waals surface area contributed by atoms with Crippen molar-refractivity contribution in [3.63, 3.8) is 0 Å². The molecule has 2 atom stereocenters. The number of carboxylic acids is 1. The van der Waals surface area contributed by atoms with Gasteiger partial charge in [-0.1, -0.05) is 0 Å². The molecule has 17 heavy (non-hydrogen) atoms. The van der Waals surface area contributed by atoms with Gasteiger partial charge in [-0.2, -0.15) is 12.6 Å². The summed E-state index contributed by atoms with van der Waals surface area (Å²) in [7, 11) is 0. The van der Waals surface area contributed by atoms with Gasteiger partial charge in [0.25, 0.3) is 0 Å². The molecule has 1 amide bonds. The van der Waals surface area contributed by atoms with E-state index in [1.165, 1.54) is 0 Å². The minimum absolute atomic E-state index is 0.193. The number of nitrogens with one attached hydrogen (secondary N) is 1. The minimum atomic E-state index is -0.996. The molecule has 6 N–H and O–H groups in total. The van der Waals surface area contributed by atoms with Crippen molar-refractivity contribution in [2.24, 2.45) is 11.5 Å². The van der Waals surface area contributed by atoms with Gasteiger partial charge in [0, 0.05) is 6.54 Å². The third-order valence-electron chi connectivity index (χ3n) is 2.34. The van der Waals surface area contributed by atoms with Gasteiger partial charge in [-0.3, -0.25) is 9.59 Å². The van der Waals surface area contributed by atoms with Gasteiger partial charge in [0.2, 0.25) is 5.91 Å². The lowest BCUT2D eigenvalue weighted by Crippen LogP contribution is -2.41. The maximum absolute atomic E-state index is 11.3. The van der Waals surface area contributed by atoms with E-state index in [4.69, 9.17) is 16.6 Å². The quantitative estimate of drug-likeness (QED) is 0.279. The van der Waals surface area contributed by atoms with Crippen LogP contribution in [-0.4, -0.2) is 41.4 Å². The third kappa shape index (κ3) is 8.00. The van der Waals surface area contributed by atoms with Crippen LogP contribution in [0.4, 0.5) is 0 Å². The van der Waals surface area contributed by atoms with Crippen molar-refractivity contribution >= 4 is 24.5 Å². The predicted octanol–water partition coefficient (Wildman–Crippen LogP) is -0.668. The van der Waals surface area contributed by atoms with Crippen LogP contribution in [0.1, 0.15) is 25.7 Å². The zero-order valence-corrected chi connectivity index (χ0v) is 10.7. The Morgan fingerprint density at radius 1 is 1.18 bits per heavy atom. The molecule has 0 bridgehead atoms.